The molecule has 1 saturated heterocycles. The van der Waals surface area contributed by atoms with E-state index in [9.17, 15) is 8.78 Å². The van der Waals surface area contributed by atoms with Crippen LogP contribution in [0.4, 0.5) is 8.78 Å². The van der Waals surface area contributed by atoms with Crippen LogP contribution in [0.15, 0.2) is 18.2 Å². The van der Waals surface area contributed by atoms with E-state index in [1.165, 1.54) is 18.2 Å². The standard InChI is InChI=1S/C14H20F2N2/c1-14(2)6-7-18(9-14)12(8-17)13-10(15)4-3-5-11(13)16/h3-5,12H,6-9,17H2,1-2H3. The summed E-state index contributed by atoms with van der Waals surface area (Å²) >= 11 is 0. The Labute approximate surface area is 107 Å². The number of nitrogens with two attached hydrogens (primary N) is 1. The van der Waals surface area contributed by atoms with E-state index in [1.54, 1.807) is 0 Å². The summed E-state index contributed by atoms with van der Waals surface area (Å²) in [6, 6.07) is 3.60. The summed E-state index contributed by atoms with van der Waals surface area (Å²) in [6.07, 6.45) is 1.03. The van der Waals surface area contributed by atoms with Crippen molar-refractivity contribution in [1.29, 1.82) is 0 Å². The van der Waals surface area contributed by atoms with Gasteiger partial charge >= 0.3 is 0 Å². The van der Waals surface area contributed by atoms with Gasteiger partial charge in [-0.2, -0.15) is 0 Å². The van der Waals surface area contributed by atoms with Crippen molar-refractivity contribution in [2.45, 2.75) is 26.3 Å². The first-order valence-electron chi connectivity index (χ1n) is 6.32. The average molecular weight is 254 g/mol. The molecule has 0 saturated carbocycles. The SMILES string of the molecule is CC1(C)CCN(C(CN)c2c(F)cccc2F)C1. The van der Waals surface area contributed by atoms with Gasteiger partial charge in [-0.15, -0.1) is 0 Å². The van der Waals surface area contributed by atoms with Crippen LogP contribution in [0.25, 0.3) is 0 Å². The first kappa shape index (κ1) is 13.4. The molecule has 0 radical (unpaired) electrons. The third kappa shape index (κ3) is 2.54. The van der Waals surface area contributed by atoms with Crippen LogP contribution >= 0.6 is 0 Å². The van der Waals surface area contributed by atoms with Gasteiger partial charge in [-0.25, -0.2) is 8.78 Å². The molecule has 0 bridgehead atoms. The molecule has 1 aliphatic heterocycles. The first-order chi connectivity index (χ1) is 8.44. The fourth-order valence-corrected chi connectivity index (χ4v) is 2.70. The van der Waals surface area contributed by atoms with Gasteiger partial charge < -0.3 is 5.73 Å². The van der Waals surface area contributed by atoms with Crippen LogP contribution in [0.3, 0.4) is 0 Å². The maximum atomic E-state index is 13.8. The minimum Gasteiger partial charge on any atom is -0.329 e. The maximum absolute atomic E-state index is 13.8. The molecule has 2 rings (SSSR count). The molecular formula is C14H20F2N2. The molecule has 1 aromatic carbocycles. The molecule has 1 fully saturated rings. The molecule has 1 atom stereocenters. The lowest BCUT2D eigenvalue weighted by molar-refractivity contribution is 0.214. The van der Waals surface area contributed by atoms with E-state index < -0.39 is 11.6 Å². The van der Waals surface area contributed by atoms with Crippen molar-refractivity contribution < 1.29 is 8.78 Å². The van der Waals surface area contributed by atoms with E-state index in [-0.39, 0.29) is 23.6 Å². The minimum absolute atomic E-state index is 0.109. The van der Waals surface area contributed by atoms with Crippen molar-refractivity contribution in [3.8, 4) is 0 Å². The highest BCUT2D eigenvalue weighted by Gasteiger charge is 2.35. The normalized spacial score (nSPS) is 21.2. The van der Waals surface area contributed by atoms with Gasteiger partial charge in [0, 0.05) is 18.7 Å². The zero-order valence-corrected chi connectivity index (χ0v) is 10.9. The topological polar surface area (TPSA) is 29.3 Å². The van der Waals surface area contributed by atoms with Crippen LogP contribution in [0.1, 0.15) is 31.9 Å². The lowest BCUT2D eigenvalue weighted by atomic mass is 9.93. The van der Waals surface area contributed by atoms with Crippen LogP contribution < -0.4 is 5.73 Å². The maximum Gasteiger partial charge on any atom is 0.130 e. The van der Waals surface area contributed by atoms with Crippen molar-refractivity contribution in [3.05, 3.63) is 35.4 Å². The Hall–Kier alpha value is -1.00. The number of benzene rings is 1. The number of rotatable bonds is 3. The molecule has 0 amide bonds. The van der Waals surface area contributed by atoms with E-state index in [1.807, 2.05) is 0 Å². The number of nitrogens with zero attached hydrogens (tertiary/aromatic N) is 1. The van der Waals surface area contributed by atoms with Crippen molar-refractivity contribution in [1.82, 2.24) is 4.90 Å². The van der Waals surface area contributed by atoms with Gasteiger partial charge in [0.15, 0.2) is 0 Å². The Morgan fingerprint density at radius 1 is 1.33 bits per heavy atom. The van der Waals surface area contributed by atoms with Gasteiger partial charge in [0.05, 0.1) is 6.04 Å². The van der Waals surface area contributed by atoms with Crippen molar-refractivity contribution in [2.24, 2.45) is 11.1 Å². The highest BCUT2D eigenvalue weighted by Crippen LogP contribution is 2.35. The van der Waals surface area contributed by atoms with Gasteiger partial charge in [-0.3, -0.25) is 4.90 Å². The summed E-state index contributed by atoms with van der Waals surface area (Å²) in [6.45, 7) is 6.22. The Morgan fingerprint density at radius 3 is 2.39 bits per heavy atom. The molecule has 2 nitrogen and oxygen atoms in total. The predicted molar refractivity (Wildman–Crippen MR) is 68.1 cm³/mol. The summed E-state index contributed by atoms with van der Waals surface area (Å²) < 4.78 is 27.6. The number of likely N-dealkylation sites (tertiary alicyclic amines) is 1. The summed E-state index contributed by atoms with van der Waals surface area (Å²) in [5.41, 5.74) is 6.03. The lowest BCUT2D eigenvalue weighted by Crippen LogP contribution is -2.34. The van der Waals surface area contributed by atoms with E-state index in [2.05, 4.69) is 18.7 Å². The molecule has 0 aliphatic carbocycles. The summed E-state index contributed by atoms with van der Waals surface area (Å²) in [5.74, 6) is -1.01. The highest BCUT2D eigenvalue weighted by molar-refractivity contribution is 5.24. The quantitative estimate of drug-likeness (QED) is 0.898. The van der Waals surface area contributed by atoms with Gasteiger partial charge in [-0.05, 0) is 30.5 Å². The van der Waals surface area contributed by atoms with E-state index >= 15 is 0 Å². The molecule has 100 valence electrons. The van der Waals surface area contributed by atoms with Gasteiger partial charge in [-0.1, -0.05) is 19.9 Å². The van der Waals surface area contributed by atoms with Crippen LogP contribution in [-0.2, 0) is 0 Å². The molecule has 1 unspecified atom stereocenters. The van der Waals surface area contributed by atoms with E-state index in [4.69, 9.17) is 5.73 Å². The van der Waals surface area contributed by atoms with Crippen molar-refractivity contribution in [3.63, 3.8) is 0 Å². The van der Waals surface area contributed by atoms with E-state index in [0.29, 0.717) is 0 Å². The monoisotopic (exact) mass is 254 g/mol. The Balaban J connectivity index is 2.29. The molecule has 0 aromatic heterocycles. The molecule has 1 aliphatic rings. The zero-order chi connectivity index (χ0) is 13.3. The predicted octanol–water partition coefficient (Wildman–Crippen LogP) is 2.70. The molecule has 18 heavy (non-hydrogen) atoms. The molecule has 1 aromatic rings. The lowest BCUT2D eigenvalue weighted by Gasteiger charge is -2.29. The number of hydrogen-bond acceptors (Lipinski definition) is 2. The summed E-state index contributed by atoms with van der Waals surface area (Å²) in [7, 11) is 0. The number of hydrogen-bond donors (Lipinski definition) is 1. The fourth-order valence-electron chi connectivity index (χ4n) is 2.70. The number of halogens is 2. The molecular weight excluding hydrogens is 234 g/mol. The van der Waals surface area contributed by atoms with Crippen LogP contribution in [0, 0.1) is 17.0 Å². The first-order valence-corrected chi connectivity index (χ1v) is 6.32. The van der Waals surface area contributed by atoms with Crippen LogP contribution in [0.2, 0.25) is 0 Å². The Kier molecular flexibility index (Phi) is 3.69. The van der Waals surface area contributed by atoms with Crippen LogP contribution in [-0.4, -0.2) is 24.5 Å². The smallest absolute Gasteiger partial charge is 0.130 e. The molecule has 1 heterocycles. The second-order valence-electron chi connectivity index (χ2n) is 5.77. The summed E-state index contributed by atoms with van der Waals surface area (Å²) in [5, 5.41) is 0. The average Bonchev–Trinajstić information content (AvgIpc) is 2.64. The molecule has 4 heteroatoms. The van der Waals surface area contributed by atoms with E-state index in [0.717, 1.165) is 19.5 Å². The zero-order valence-electron chi connectivity index (χ0n) is 10.9. The second-order valence-corrected chi connectivity index (χ2v) is 5.77. The fraction of sp³-hybridized carbons (Fsp3) is 0.571. The Morgan fingerprint density at radius 2 is 1.94 bits per heavy atom. The largest absolute Gasteiger partial charge is 0.329 e. The summed E-state index contributed by atoms with van der Waals surface area (Å²) in [4.78, 5) is 2.08. The third-order valence-corrected chi connectivity index (χ3v) is 3.70. The van der Waals surface area contributed by atoms with Gasteiger partial charge in [0.2, 0.25) is 0 Å². The highest BCUT2D eigenvalue weighted by atomic mass is 19.1. The van der Waals surface area contributed by atoms with Crippen molar-refractivity contribution in [2.75, 3.05) is 19.6 Å². The van der Waals surface area contributed by atoms with Gasteiger partial charge in [0.1, 0.15) is 11.6 Å². The minimum atomic E-state index is -0.504. The second kappa shape index (κ2) is 4.94. The molecule has 0 spiro atoms. The van der Waals surface area contributed by atoms with Gasteiger partial charge in [0.25, 0.3) is 0 Å². The third-order valence-electron chi connectivity index (χ3n) is 3.70. The molecule has 2 N–H and O–H groups in total. The Bertz CT molecular complexity index is 412. The van der Waals surface area contributed by atoms with Crippen molar-refractivity contribution >= 4 is 0 Å². The van der Waals surface area contributed by atoms with Crippen LogP contribution in [0.5, 0.6) is 0 Å².